The summed E-state index contributed by atoms with van der Waals surface area (Å²) in [5.41, 5.74) is 4.02. The highest BCUT2D eigenvalue weighted by molar-refractivity contribution is 5.96. The standard InChI is InChI=1S/C15H13FN2O5/c1-9-10(6-7-22-9)15(21)23-8-13(19)17-18-14(20)11-4-2-3-5-12(11)16/h2-7H,8H2,1H3,(H,17,19)(H,18,20). The molecule has 0 radical (unpaired) electrons. The quantitative estimate of drug-likeness (QED) is 0.654. The van der Waals surface area contributed by atoms with Crippen LogP contribution in [0.5, 0.6) is 0 Å². The second-order valence-electron chi connectivity index (χ2n) is 4.45. The van der Waals surface area contributed by atoms with E-state index in [0.29, 0.717) is 5.76 Å². The molecule has 0 atom stereocenters. The number of halogens is 1. The van der Waals surface area contributed by atoms with Crippen LogP contribution in [0.2, 0.25) is 0 Å². The maximum absolute atomic E-state index is 13.4. The summed E-state index contributed by atoms with van der Waals surface area (Å²) in [7, 11) is 0. The second-order valence-corrected chi connectivity index (χ2v) is 4.45. The smallest absolute Gasteiger partial charge is 0.342 e. The number of furan rings is 1. The van der Waals surface area contributed by atoms with Crippen LogP contribution < -0.4 is 10.9 Å². The highest BCUT2D eigenvalue weighted by Gasteiger charge is 2.15. The first-order valence-electron chi connectivity index (χ1n) is 6.54. The Bertz CT molecular complexity index is 741. The van der Waals surface area contributed by atoms with Crippen molar-refractivity contribution in [2.24, 2.45) is 0 Å². The van der Waals surface area contributed by atoms with Crippen LogP contribution in [0, 0.1) is 12.7 Å². The molecular weight excluding hydrogens is 307 g/mol. The summed E-state index contributed by atoms with van der Waals surface area (Å²) in [5.74, 6) is -2.69. The number of ether oxygens (including phenoxy) is 1. The zero-order valence-corrected chi connectivity index (χ0v) is 12.1. The molecule has 8 heteroatoms. The maximum atomic E-state index is 13.4. The highest BCUT2D eigenvalue weighted by atomic mass is 19.1. The van der Waals surface area contributed by atoms with Crippen molar-refractivity contribution in [3.05, 3.63) is 59.3 Å². The molecular formula is C15H13FN2O5. The van der Waals surface area contributed by atoms with E-state index in [1.54, 1.807) is 6.92 Å². The average Bonchev–Trinajstić information content (AvgIpc) is 2.97. The van der Waals surface area contributed by atoms with E-state index in [1.807, 2.05) is 10.9 Å². The van der Waals surface area contributed by atoms with Crippen LogP contribution >= 0.6 is 0 Å². The number of benzene rings is 1. The number of aryl methyl sites for hydroxylation is 1. The van der Waals surface area contributed by atoms with Gasteiger partial charge in [0.15, 0.2) is 6.61 Å². The van der Waals surface area contributed by atoms with E-state index in [1.165, 1.54) is 30.5 Å². The van der Waals surface area contributed by atoms with Gasteiger partial charge in [-0.05, 0) is 25.1 Å². The molecule has 1 aromatic carbocycles. The Morgan fingerprint density at radius 2 is 1.87 bits per heavy atom. The molecule has 0 saturated heterocycles. The third-order valence-corrected chi connectivity index (χ3v) is 2.85. The van der Waals surface area contributed by atoms with Crippen molar-refractivity contribution >= 4 is 17.8 Å². The topological polar surface area (TPSA) is 97.6 Å². The van der Waals surface area contributed by atoms with Crippen LogP contribution in [0.3, 0.4) is 0 Å². The van der Waals surface area contributed by atoms with E-state index < -0.39 is 30.2 Å². The Hall–Kier alpha value is -3.16. The Morgan fingerprint density at radius 1 is 1.13 bits per heavy atom. The van der Waals surface area contributed by atoms with Crippen LogP contribution in [0.15, 0.2) is 41.0 Å². The van der Waals surface area contributed by atoms with E-state index in [4.69, 9.17) is 9.15 Å². The van der Waals surface area contributed by atoms with Gasteiger partial charge in [-0.3, -0.25) is 20.4 Å². The van der Waals surface area contributed by atoms with Gasteiger partial charge in [-0.15, -0.1) is 0 Å². The lowest BCUT2D eigenvalue weighted by atomic mass is 10.2. The van der Waals surface area contributed by atoms with Crippen molar-refractivity contribution in [2.45, 2.75) is 6.92 Å². The van der Waals surface area contributed by atoms with Gasteiger partial charge in [-0.25, -0.2) is 9.18 Å². The van der Waals surface area contributed by atoms with E-state index >= 15 is 0 Å². The van der Waals surface area contributed by atoms with Gasteiger partial charge in [-0.1, -0.05) is 12.1 Å². The SMILES string of the molecule is Cc1occc1C(=O)OCC(=O)NNC(=O)c1ccccc1F. The Kier molecular flexibility index (Phi) is 5.08. The van der Waals surface area contributed by atoms with Crippen molar-refractivity contribution in [1.82, 2.24) is 10.9 Å². The van der Waals surface area contributed by atoms with Crippen LogP contribution in [-0.4, -0.2) is 24.4 Å². The lowest BCUT2D eigenvalue weighted by Gasteiger charge is -2.08. The van der Waals surface area contributed by atoms with Crippen LogP contribution in [0.1, 0.15) is 26.5 Å². The second kappa shape index (κ2) is 7.21. The molecule has 0 fully saturated rings. The molecule has 120 valence electrons. The number of hydrogen-bond donors (Lipinski definition) is 2. The van der Waals surface area contributed by atoms with Crippen LogP contribution in [-0.2, 0) is 9.53 Å². The summed E-state index contributed by atoms with van der Waals surface area (Å²) >= 11 is 0. The van der Waals surface area contributed by atoms with Crippen molar-refractivity contribution in [2.75, 3.05) is 6.61 Å². The zero-order chi connectivity index (χ0) is 16.8. The molecule has 2 amide bonds. The molecule has 0 spiro atoms. The highest BCUT2D eigenvalue weighted by Crippen LogP contribution is 2.09. The summed E-state index contributed by atoms with van der Waals surface area (Å²) in [6.07, 6.45) is 1.32. The monoisotopic (exact) mass is 320 g/mol. The van der Waals surface area contributed by atoms with Crippen molar-refractivity contribution in [3.8, 4) is 0 Å². The number of esters is 1. The maximum Gasteiger partial charge on any atom is 0.342 e. The summed E-state index contributed by atoms with van der Waals surface area (Å²) in [6, 6.07) is 6.71. The molecule has 0 unspecified atom stereocenters. The third kappa shape index (κ3) is 4.16. The van der Waals surface area contributed by atoms with Gasteiger partial charge in [0.05, 0.1) is 11.8 Å². The number of carbonyl (C=O) groups excluding carboxylic acids is 3. The van der Waals surface area contributed by atoms with Crippen LogP contribution in [0.25, 0.3) is 0 Å². The molecule has 0 aliphatic carbocycles. The Labute approximate surface area is 130 Å². The van der Waals surface area contributed by atoms with Crippen molar-refractivity contribution in [1.29, 1.82) is 0 Å². The third-order valence-electron chi connectivity index (χ3n) is 2.85. The number of nitrogens with one attached hydrogen (secondary N) is 2. The zero-order valence-electron chi connectivity index (χ0n) is 12.1. The van der Waals surface area contributed by atoms with Gasteiger partial charge in [0.1, 0.15) is 17.1 Å². The molecule has 0 saturated carbocycles. The van der Waals surface area contributed by atoms with Gasteiger partial charge in [0.2, 0.25) is 0 Å². The molecule has 0 aliphatic rings. The summed E-state index contributed by atoms with van der Waals surface area (Å²) < 4.78 is 23.1. The molecule has 1 heterocycles. The van der Waals surface area contributed by atoms with Gasteiger partial charge >= 0.3 is 5.97 Å². The average molecular weight is 320 g/mol. The normalized spacial score (nSPS) is 10.0. The Balaban J connectivity index is 1.79. The van der Waals surface area contributed by atoms with Crippen molar-refractivity contribution in [3.63, 3.8) is 0 Å². The fourth-order valence-corrected chi connectivity index (χ4v) is 1.68. The first-order valence-corrected chi connectivity index (χ1v) is 6.54. The molecule has 0 aliphatic heterocycles. The fourth-order valence-electron chi connectivity index (χ4n) is 1.68. The van der Waals surface area contributed by atoms with Crippen LogP contribution in [0.4, 0.5) is 4.39 Å². The molecule has 2 rings (SSSR count). The first-order chi connectivity index (χ1) is 11.0. The number of hydrazine groups is 1. The lowest BCUT2D eigenvalue weighted by molar-refractivity contribution is -0.125. The summed E-state index contributed by atoms with van der Waals surface area (Å²) in [4.78, 5) is 34.8. The molecule has 7 nitrogen and oxygen atoms in total. The van der Waals surface area contributed by atoms with Gasteiger partial charge < -0.3 is 9.15 Å². The molecule has 1 aromatic heterocycles. The van der Waals surface area contributed by atoms with Gasteiger partial charge in [0, 0.05) is 0 Å². The predicted octanol–water partition coefficient (Wildman–Crippen LogP) is 1.35. The summed E-state index contributed by atoms with van der Waals surface area (Å²) in [6.45, 7) is 0.965. The van der Waals surface area contributed by atoms with E-state index in [-0.39, 0.29) is 11.1 Å². The van der Waals surface area contributed by atoms with Gasteiger partial charge in [-0.2, -0.15) is 0 Å². The lowest BCUT2D eigenvalue weighted by Crippen LogP contribution is -2.43. The van der Waals surface area contributed by atoms with E-state index in [9.17, 15) is 18.8 Å². The number of rotatable bonds is 4. The largest absolute Gasteiger partial charge is 0.469 e. The number of carbonyl (C=O) groups is 3. The predicted molar refractivity (Wildman–Crippen MR) is 75.7 cm³/mol. The number of hydrogen-bond acceptors (Lipinski definition) is 5. The van der Waals surface area contributed by atoms with Gasteiger partial charge in [0.25, 0.3) is 11.8 Å². The first kappa shape index (κ1) is 16.2. The molecule has 0 bridgehead atoms. The molecule has 23 heavy (non-hydrogen) atoms. The van der Waals surface area contributed by atoms with E-state index in [2.05, 4.69) is 0 Å². The molecule has 2 N–H and O–H groups in total. The minimum Gasteiger partial charge on any atom is -0.469 e. The van der Waals surface area contributed by atoms with Crippen molar-refractivity contribution < 1.29 is 27.9 Å². The minimum atomic E-state index is -0.826. The fraction of sp³-hybridized carbons (Fsp3) is 0.133. The van der Waals surface area contributed by atoms with E-state index in [0.717, 1.165) is 6.07 Å². The molecule has 2 aromatic rings. The number of amides is 2. The minimum absolute atomic E-state index is 0.202. The summed E-state index contributed by atoms with van der Waals surface area (Å²) in [5, 5.41) is 0. The Morgan fingerprint density at radius 3 is 2.52 bits per heavy atom.